The first-order chi connectivity index (χ1) is 10.2. The van der Waals surface area contributed by atoms with Crippen molar-refractivity contribution in [2.24, 2.45) is 5.92 Å². The molecule has 0 bridgehead atoms. The Morgan fingerprint density at radius 1 is 1.33 bits per heavy atom. The van der Waals surface area contributed by atoms with Crippen LogP contribution >= 0.6 is 0 Å². The molecule has 2 rings (SSSR count). The van der Waals surface area contributed by atoms with Crippen LogP contribution in [0.15, 0.2) is 30.3 Å². The second-order valence-electron chi connectivity index (χ2n) is 5.79. The van der Waals surface area contributed by atoms with Gasteiger partial charge in [0, 0.05) is 6.08 Å². The number of carbonyl (C=O) groups is 1. The predicted molar refractivity (Wildman–Crippen MR) is 83.9 cm³/mol. The van der Waals surface area contributed by atoms with E-state index in [1.165, 1.54) is 32.1 Å². The van der Waals surface area contributed by atoms with Crippen LogP contribution in [0.25, 0.3) is 6.08 Å². The molecule has 0 spiro atoms. The summed E-state index contributed by atoms with van der Waals surface area (Å²) >= 11 is 0. The summed E-state index contributed by atoms with van der Waals surface area (Å²) < 4.78 is 6.03. The average molecular weight is 288 g/mol. The van der Waals surface area contributed by atoms with Crippen LogP contribution in [-0.2, 0) is 16.1 Å². The van der Waals surface area contributed by atoms with E-state index in [0.717, 1.165) is 23.1 Å². The molecule has 21 heavy (non-hydrogen) atoms. The van der Waals surface area contributed by atoms with Crippen LogP contribution in [0.2, 0.25) is 0 Å². The zero-order chi connectivity index (χ0) is 15.1. The van der Waals surface area contributed by atoms with Gasteiger partial charge < -0.3 is 9.84 Å². The molecule has 1 fully saturated rings. The average Bonchev–Trinajstić information content (AvgIpc) is 2.52. The highest BCUT2D eigenvalue weighted by Crippen LogP contribution is 2.28. The van der Waals surface area contributed by atoms with E-state index >= 15 is 0 Å². The molecule has 0 aliphatic heterocycles. The molecule has 1 aromatic rings. The number of hydrogen-bond donors (Lipinski definition) is 1. The van der Waals surface area contributed by atoms with Gasteiger partial charge >= 0.3 is 5.97 Å². The molecule has 114 valence electrons. The fourth-order valence-electron chi connectivity index (χ4n) is 2.87. The maximum absolute atomic E-state index is 10.5. The number of aliphatic carboxylic acids is 1. The van der Waals surface area contributed by atoms with Gasteiger partial charge in [0.2, 0.25) is 0 Å². The van der Waals surface area contributed by atoms with E-state index in [4.69, 9.17) is 9.84 Å². The van der Waals surface area contributed by atoms with Gasteiger partial charge in [-0.2, -0.15) is 0 Å². The van der Waals surface area contributed by atoms with Gasteiger partial charge in [0.05, 0.1) is 12.7 Å². The summed E-state index contributed by atoms with van der Waals surface area (Å²) in [6.45, 7) is 2.90. The number of ether oxygens (including phenoxy) is 1. The molecule has 1 aromatic carbocycles. The number of hydrogen-bond acceptors (Lipinski definition) is 2. The first-order valence-electron chi connectivity index (χ1n) is 7.79. The van der Waals surface area contributed by atoms with E-state index in [2.05, 4.69) is 6.92 Å². The summed E-state index contributed by atoms with van der Waals surface area (Å²) in [5.74, 6) is -0.0996. The smallest absolute Gasteiger partial charge is 0.328 e. The molecule has 1 aliphatic rings. The van der Waals surface area contributed by atoms with Gasteiger partial charge in [0.1, 0.15) is 0 Å². The number of rotatable bonds is 6. The SMILES string of the molecule is CCC1CCCC(OCc2ccc(C=CC(=O)O)cc2)C1. The quantitative estimate of drug-likeness (QED) is 0.795. The lowest BCUT2D eigenvalue weighted by Crippen LogP contribution is -2.22. The summed E-state index contributed by atoms with van der Waals surface area (Å²) in [4.78, 5) is 10.5. The molecule has 1 aliphatic carbocycles. The summed E-state index contributed by atoms with van der Waals surface area (Å²) in [5.41, 5.74) is 2.03. The Labute approximate surface area is 126 Å². The lowest BCUT2D eigenvalue weighted by molar-refractivity contribution is -0.131. The topological polar surface area (TPSA) is 46.5 Å². The molecule has 1 saturated carbocycles. The Balaban J connectivity index is 1.82. The monoisotopic (exact) mass is 288 g/mol. The van der Waals surface area contributed by atoms with Crippen LogP contribution < -0.4 is 0 Å². The highest BCUT2D eigenvalue weighted by Gasteiger charge is 2.20. The molecular formula is C18H24O3. The Bertz CT molecular complexity index is 476. The van der Waals surface area contributed by atoms with Crippen molar-refractivity contribution < 1.29 is 14.6 Å². The van der Waals surface area contributed by atoms with Crippen LogP contribution in [0.1, 0.15) is 50.2 Å². The molecule has 2 unspecified atom stereocenters. The van der Waals surface area contributed by atoms with E-state index < -0.39 is 5.97 Å². The Morgan fingerprint density at radius 2 is 2.10 bits per heavy atom. The Morgan fingerprint density at radius 3 is 2.76 bits per heavy atom. The minimum atomic E-state index is -0.926. The highest BCUT2D eigenvalue weighted by molar-refractivity contribution is 5.85. The van der Waals surface area contributed by atoms with Gasteiger partial charge in [-0.3, -0.25) is 0 Å². The minimum absolute atomic E-state index is 0.398. The van der Waals surface area contributed by atoms with Crippen molar-refractivity contribution in [3.63, 3.8) is 0 Å². The lowest BCUT2D eigenvalue weighted by atomic mass is 9.85. The number of carboxylic acids is 1. The van der Waals surface area contributed by atoms with Crippen LogP contribution in [-0.4, -0.2) is 17.2 Å². The van der Waals surface area contributed by atoms with E-state index in [0.29, 0.717) is 12.7 Å². The normalized spacial score (nSPS) is 22.5. The lowest BCUT2D eigenvalue weighted by Gasteiger charge is -2.28. The Hall–Kier alpha value is -1.61. The zero-order valence-corrected chi connectivity index (χ0v) is 12.6. The van der Waals surface area contributed by atoms with Crippen LogP contribution in [0.4, 0.5) is 0 Å². The third-order valence-electron chi connectivity index (χ3n) is 4.20. The van der Waals surface area contributed by atoms with Gasteiger partial charge in [-0.1, -0.05) is 50.5 Å². The fraction of sp³-hybridized carbons (Fsp3) is 0.500. The molecular weight excluding hydrogens is 264 g/mol. The molecule has 1 N–H and O–H groups in total. The zero-order valence-electron chi connectivity index (χ0n) is 12.6. The standard InChI is InChI=1S/C18H24O3/c1-2-14-4-3-5-17(12-14)21-13-16-8-6-15(7-9-16)10-11-18(19)20/h6-11,14,17H,2-5,12-13H2,1H3,(H,19,20). The van der Waals surface area contributed by atoms with Crippen molar-refractivity contribution in [1.29, 1.82) is 0 Å². The fourth-order valence-corrected chi connectivity index (χ4v) is 2.87. The molecule has 3 nitrogen and oxygen atoms in total. The Kier molecular flexibility index (Phi) is 6.00. The second-order valence-corrected chi connectivity index (χ2v) is 5.79. The van der Waals surface area contributed by atoms with E-state index in [9.17, 15) is 4.79 Å². The van der Waals surface area contributed by atoms with Crippen molar-refractivity contribution in [1.82, 2.24) is 0 Å². The van der Waals surface area contributed by atoms with Gasteiger partial charge in [-0.15, -0.1) is 0 Å². The predicted octanol–water partition coefficient (Wildman–Crippen LogP) is 4.27. The van der Waals surface area contributed by atoms with Crippen LogP contribution in [0.3, 0.4) is 0 Å². The van der Waals surface area contributed by atoms with E-state index in [1.54, 1.807) is 6.08 Å². The number of carboxylic acid groups (broad SMARTS) is 1. The van der Waals surface area contributed by atoms with Crippen molar-refractivity contribution >= 4 is 12.0 Å². The van der Waals surface area contributed by atoms with Gasteiger partial charge in [-0.25, -0.2) is 4.79 Å². The van der Waals surface area contributed by atoms with Crippen LogP contribution in [0.5, 0.6) is 0 Å². The maximum atomic E-state index is 10.5. The molecule has 0 aromatic heterocycles. The highest BCUT2D eigenvalue weighted by atomic mass is 16.5. The second kappa shape index (κ2) is 7.99. The molecule has 2 atom stereocenters. The number of benzene rings is 1. The van der Waals surface area contributed by atoms with Gasteiger partial charge in [0.25, 0.3) is 0 Å². The molecule has 0 amide bonds. The summed E-state index contributed by atoms with van der Waals surface area (Å²) in [5, 5.41) is 8.59. The van der Waals surface area contributed by atoms with Crippen molar-refractivity contribution in [3.8, 4) is 0 Å². The molecule has 0 heterocycles. The largest absolute Gasteiger partial charge is 0.478 e. The summed E-state index contributed by atoms with van der Waals surface area (Å²) in [6, 6.07) is 7.85. The van der Waals surface area contributed by atoms with Crippen molar-refractivity contribution in [2.75, 3.05) is 0 Å². The first-order valence-corrected chi connectivity index (χ1v) is 7.79. The van der Waals surface area contributed by atoms with Gasteiger partial charge in [-0.05, 0) is 36.0 Å². The van der Waals surface area contributed by atoms with Gasteiger partial charge in [0.15, 0.2) is 0 Å². The van der Waals surface area contributed by atoms with Crippen molar-refractivity contribution in [3.05, 3.63) is 41.5 Å². The first kappa shape index (κ1) is 15.8. The summed E-state index contributed by atoms with van der Waals surface area (Å²) in [7, 11) is 0. The maximum Gasteiger partial charge on any atom is 0.328 e. The molecule has 0 saturated heterocycles. The third kappa shape index (κ3) is 5.35. The summed E-state index contributed by atoms with van der Waals surface area (Å²) in [6.07, 6.45) is 9.40. The third-order valence-corrected chi connectivity index (χ3v) is 4.20. The van der Waals surface area contributed by atoms with Crippen molar-refractivity contribution in [2.45, 2.75) is 51.7 Å². The molecule has 3 heteroatoms. The minimum Gasteiger partial charge on any atom is -0.478 e. The van der Waals surface area contributed by atoms with Crippen LogP contribution in [0, 0.1) is 5.92 Å². The van der Waals surface area contributed by atoms with E-state index in [1.807, 2.05) is 24.3 Å². The van der Waals surface area contributed by atoms with E-state index in [-0.39, 0.29) is 0 Å². The molecule has 0 radical (unpaired) electrons.